The number of alkyl halides is 3. The van der Waals surface area contributed by atoms with Crippen LogP contribution in [0.2, 0.25) is 0 Å². The van der Waals surface area contributed by atoms with Gasteiger partial charge in [0.1, 0.15) is 12.4 Å². The molecule has 0 atom stereocenters. The molecule has 2 N–H and O–H groups in total. The van der Waals surface area contributed by atoms with E-state index in [1.54, 1.807) is 30.3 Å². The lowest BCUT2D eigenvalue weighted by molar-refractivity contribution is -0.139. The maximum Gasteiger partial charge on any atom is 0.420 e. The number of hydrogen-bond donors (Lipinski definition) is 1. The van der Waals surface area contributed by atoms with E-state index in [-0.39, 0.29) is 17.9 Å². The van der Waals surface area contributed by atoms with Gasteiger partial charge in [-0.25, -0.2) is 0 Å². The standard InChI is InChI=1S/C15H11F3N2O/c16-15(17,18)13-7-10(8-19)4-5-14(13)21-9-11-2-1-3-12(20)6-11/h1-7H,9,20H2. The first-order chi connectivity index (χ1) is 9.90. The Labute approximate surface area is 119 Å². The van der Waals surface area contributed by atoms with E-state index in [0.717, 1.165) is 12.1 Å². The number of halogens is 3. The van der Waals surface area contributed by atoms with Crippen LogP contribution in [0, 0.1) is 11.3 Å². The molecule has 0 fully saturated rings. The van der Waals surface area contributed by atoms with Crippen LogP contribution in [0.15, 0.2) is 42.5 Å². The Kier molecular flexibility index (Phi) is 4.03. The molecule has 2 aromatic rings. The first kappa shape index (κ1) is 14.7. The summed E-state index contributed by atoms with van der Waals surface area (Å²) in [5.41, 5.74) is 5.72. The first-order valence-electron chi connectivity index (χ1n) is 5.98. The third-order valence-electron chi connectivity index (χ3n) is 2.76. The van der Waals surface area contributed by atoms with Crippen molar-refractivity contribution < 1.29 is 17.9 Å². The van der Waals surface area contributed by atoms with E-state index in [2.05, 4.69) is 0 Å². The zero-order chi connectivity index (χ0) is 15.5. The van der Waals surface area contributed by atoms with E-state index in [4.69, 9.17) is 15.7 Å². The summed E-state index contributed by atoms with van der Waals surface area (Å²) in [5.74, 6) is -0.316. The Morgan fingerprint density at radius 3 is 2.52 bits per heavy atom. The molecule has 2 rings (SSSR count). The van der Waals surface area contributed by atoms with Gasteiger partial charge in [0.25, 0.3) is 0 Å². The van der Waals surface area contributed by atoms with Gasteiger partial charge in [-0.2, -0.15) is 18.4 Å². The summed E-state index contributed by atoms with van der Waals surface area (Å²) in [4.78, 5) is 0. The second-order valence-electron chi connectivity index (χ2n) is 4.35. The van der Waals surface area contributed by atoms with Gasteiger partial charge in [-0.3, -0.25) is 0 Å². The highest BCUT2D eigenvalue weighted by Gasteiger charge is 2.34. The third-order valence-corrected chi connectivity index (χ3v) is 2.76. The van der Waals surface area contributed by atoms with E-state index < -0.39 is 11.7 Å². The summed E-state index contributed by atoms with van der Waals surface area (Å²) in [6.07, 6.45) is -4.59. The van der Waals surface area contributed by atoms with Crippen molar-refractivity contribution in [2.75, 3.05) is 5.73 Å². The summed E-state index contributed by atoms with van der Waals surface area (Å²) >= 11 is 0. The Hall–Kier alpha value is -2.68. The lowest BCUT2D eigenvalue weighted by Crippen LogP contribution is -2.09. The molecule has 0 bridgehead atoms. The van der Waals surface area contributed by atoms with Gasteiger partial charge >= 0.3 is 6.18 Å². The number of anilines is 1. The summed E-state index contributed by atoms with van der Waals surface area (Å²) < 4.78 is 44.1. The lowest BCUT2D eigenvalue weighted by atomic mass is 10.1. The number of ether oxygens (including phenoxy) is 1. The van der Waals surface area contributed by atoms with Gasteiger partial charge in [0.05, 0.1) is 17.2 Å². The molecule has 0 aromatic heterocycles. The minimum Gasteiger partial charge on any atom is -0.488 e. The molecule has 3 nitrogen and oxygen atoms in total. The van der Waals surface area contributed by atoms with Crippen LogP contribution in [-0.4, -0.2) is 0 Å². The molecular weight excluding hydrogens is 281 g/mol. The number of hydrogen-bond acceptors (Lipinski definition) is 3. The Bertz CT molecular complexity index is 690. The van der Waals surface area contributed by atoms with Crippen LogP contribution in [0.1, 0.15) is 16.7 Å². The molecule has 0 aliphatic carbocycles. The van der Waals surface area contributed by atoms with Gasteiger partial charge in [0.2, 0.25) is 0 Å². The maximum atomic E-state index is 12.9. The maximum absolute atomic E-state index is 12.9. The van der Waals surface area contributed by atoms with Crippen molar-refractivity contribution >= 4 is 5.69 Å². The van der Waals surface area contributed by atoms with Crippen LogP contribution in [0.5, 0.6) is 5.75 Å². The molecule has 0 aliphatic rings. The zero-order valence-corrected chi connectivity index (χ0v) is 10.8. The highest BCUT2D eigenvalue weighted by molar-refractivity contribution is 5.44. The minimum atomic E-state index is -4.59. The number of nitrogens with zero attached hydrogens (tertiary/aromatic N) is 1. The predicted octanol–water partition coefficient (Wildman–Crippen LogP) is 3.74. The van der Waals surface area contributed by atoms with Crippen LogP contribution < -0.4 is 10.5 Å². The molecule has 0 heterocycles. The van der Waals surface area contributed by atoms with Gasteiger partial charge in [-0.15, -0.1) is 0 Å². The molecule has 0 aliphatic heterocycles. The highest BCUT2D eigenvalue weighted by atomic mass is 19.4. The van der Waals surface area contributed by atoms with Crippen LogP contribution in [0.3, 0.4) is 0 Å². The van der Waals surface area contributed by atoms with Crippen LogP contribution in [0.25, 0.3) is 0 Å². The van der Waals surface area contributed by atoms with Crippen LogP contribution in [0.4, 0.5) is 18.9 Å². The second-order valence-corrected chi connectivity index (χ2v) is 4.35. The fraction of sp³-hybridized carbons (Fsp3) is 0.133. The van der Waals surface area contributed by atoms with Crippen molar-refractivity contribution in [2.24, 2.45) is 0 Å². The van der Waals surface area contributed by atoms with Gasteiger partial charge in [-0.05, 0) is 35.9 Å². The Morgan fingerprint density at radius 2 is 1.90 bits per heavy atom. The van der Waals surface area contributed by atoms with Gasteiger partial charge in [0, 0.05) is 5.69 Å². The summed E-state index contributed by atoms with van der Waals surface area (Å²) in [7, 11) is 0. The molecule has 6 heteroatoms. The fourth-order valence-electron chi connectivity index (χ4n) is 1.79. The van der Waals surface area contributed by atoms with Gasteiger partial charge in [-0.1, -0.05) is 12.1 Å². The molecule has 21 heavy (non-hydrogen) atoms. The van der Waals surface area contributed by atoms with E-state index in [1.165, 1.54) is 6.07 Å². The molecule has 0 saturated heterocycles. The minimum absolute atomic E-state index is 0.0416. The van der Waals surface area contributed by atoms with Crippen molar-refractivity contribution in [3.05, 3.63) is 59.2 Å². The third kappa shape index (κ3) is 3.66. The molecule has 0 saturated carbocycles. The average molecular weight is 292 g/mol. The van der Waals surface area contributed by atoms with Crippen molar-refractivity contribution in [3.63, 3.8) is 0 Å². The molecule has 0 unspecified atom stereocenters. The summed E-state index contributed by atoms with van der Waals surface area (Å²) in [5, 5.41) is 8.69. The molecule has 0 spiro atoms. The molecule has 0 radical (unpaired) electrons. The van der Waals surface area contributed by atoms with E-state index >= 15 is 0 Å². The normalized spacial score (nSPS) is 11.0. The SMILES string of the molecule is N#Cc1ccc(OCc2cccc(N)c2)c(C(F)(F)F)c1. The smallest absolute Gasteiger partial charge is 0.420 e. The fourth-order valence-corrected chi connectivity index (χ4v) is 1.79. The Morgan fingerprint density at radius 1 is 1.14 bits per heavy atom. The second kappa shape index (κ2) is 5.75. The van der Waals surface area contributed by atoms with Crippen molar-refractivity contribution in [2.45, 2.75) is 12.8 Å². The number of benzene rings is 2. The first-order valence-corrected chi connectivity index (χ1v) is 5.98. The molecule has 108 valence electrons. The molecular formula is C15H11F3N2O. The van der Waals surface area contributed by atoms with Gasteiger partial charge in [0.15, 0.2) is 0 Å². The summed E-state index contributed by atoms with van der Waals surface area (Å²) in [6.45, 7) is -0.0416. The Balaban J connectivity index is 2.26. The van der Waals surface area contributed by atoms with Crippen molar-refractivity contribution in [3.8, 4) is 11.8 Å². The zero-order valence-electron chi connectivity index (χ0n) is 10.8. The quantitative estimate of drug-likeness (QED) is 0.877. The van der Waals surface area contributed by atoms with Gasteiger partial charge < -0.3 is 10.5 Å². The average Bonchev–Trinajstić information content (AvgIpc) is 2.44. The number of nitrogen functional groups attached to an aromatic ring is 1. The van der Waals surface area contributed by atoms with Crippen LogP contribution in [-0.2, 0) is 12.8 Å². The molecule has 2 aromatic carbocycles. The lowest BCUT2D eigenvalue weighted by Gasteiger charge is -2.14. The summed E-state index contributed by atoms with van der Waals surface area (Å²) in [6, 6.07) is 11.6. The highest BCUT2D eigenvalue weighted by Crippen LogP contribution is 2.37. The largest absolute Gasteiger partial charge is 0.488 e. The topological polar surface area (TPSA) is 59.0 Å². The van der Waals surface area contributed by atoms with E-state index in [1.807, 2.05) is 0 Å². The van der Waals surface area contributed by atoms with Crippen molar-refractivity contribution in [1.82, 2.24) is 0 Å². The van der Waals surface area contributed by atoms with E-state index in [0.29, 0.717) is 11.3 Å². The predicted molar refractivity (Wildman–Crippen MR) is 71.3 cm³/mol. The molecule has 0 amide bonds. The van der Waals surface area contributed by atoms with Crippen molar-refractivity contribution in [1.29, 1.82) is 5.26 Å². The number of nitrogens with two attached hydrogens (primary N) is 1. The van der Waals surface area contributed by atoms with E-state index in [9.17, 15) is 13.2 Å². The number of rotatable bonds is 3. The monoisotopic (exact) mass is 292 g/mol. The van der Waals surface area contributed by atoms with Crippen LogP contribution >= 0.6 is 0 Å². The number of nitriles is 1.